The van der Waals surface area contributed by atoms with Crippen LogP contribution in [0.3, 0.4) is 0 Å². The Bertz CT molecular complexity index is 1380. The van der Waals surface area contributed by atoms with Crippen molar-refractivity contribution in [2.24, 2.45) is 0 Å². The van der Waals surface area contributed by atoms with E-state index in [1.165, 1.54) is 17.0 Å². The molecule has 2 amide bonds. The average Bonchev–Trinajstić information content (AvgIpc) is 2.89. The lowest BCUT2D eigenvalue weighted by molar-refractivity contribution is -0.139. The zero-order valence-corrected chi connectivity index (χ0v) is 23.9. The first-order valence-corrected chi connectivity index (χ1v) is 14.4. The lowest BCUT2D eigenvalue weighted by Crippen LogP contribution is -2.51. The van der Waals surface area contributed by atoms with Gasteiger partial charge in [0.25, 0.3) is 10.0 Å². The molecule has 38 heavy (non-hydrogen) atoms. The molecule has 0 saturated heterocycles. The van der Waals surface area contributed by atoms with E-state index in [1.54, 1.807) is 61.5 Å². The second-order valence-electron chi connectivity index (χ2n) is 8.89. The third-order valence-corrected chi connectivity index (χ3v) is 8.35. The van der Waals surface area contributed by atoms with Gasteiger partial charge in [0, 0.05) is 23.1 Å². The number of rotatable bonds is 11. The third-order valence-electron chi connectivity index (χ3n) is 5.97. The fourth-order valence-corrected chi connectivity index (χ4v) is 5.74. The molecule has 0 aliphatic heterocycles. The lowest BCUT2D eigenvalue weighted by atomic mass is 10.1. The van der Waals surface area contributed by atoms with Gasteiger partial charge in [0.2, 0.25) is 11.8 Å². The number of halogens is 2. The molecule has 0 saturated carbocycles. The molecule has 3 rings (SSSR count). The Morgan fingerprint density at radius 2 is 1.68 bits per heavy atom. The van der Waals surface area contributed by atoms with Crippen molar-refractivity contribution in [3.05, 3.63) is 94.0 Å². The minimum atomic E-state index is -4.10. The van der Waals surface area contributed by atoms with Crippen LogP contribution in [0, 0.1) is 6.92 Å². The summed E-state index contributed by atoms with van der Waals surface area (Å²) in [5.74, 6) is -0.908. The van der Waals surface area contributed by atoms with Gasteiger partial charge in [0.1, 0.15) is 12.6 Å². The molecule has 10 heteroatoms. The van der Waals surface area contributed by atoms with Crippen LogP contribution >= 0.6 is 23.2 Å². The summed E-state index contributed by atoms with van der Waals surface area (Å²) in [7, 11) is -4.10. The molecule has 0 aliphatic carbocycles. The maximum atomic E-state index is 13.9. The van der Waals surface area contributed by atoms with Crippen LogP contribution in [0.15, 0.2) is 77.7 Å². The zero-order valence-electron chi connectivity index (χ0n) is 21.5. The summed E-state index contributed by atoms with van der Waals surface area (Å²) in [6.07, 6.45) is 0.728. The van der Waals surface area contributed by atoms with E-state index in [-0.39, 0.29) is 17.3 Å². The van der Waals surface area contributed by atoms with Crippen molar-refractivity contribution in [2.45, 2.75) is 44.7 Å². The van der Waals surface area contributed by atoms with E-state index in [0.29, 0.717) is 27.8 Å². The molecule has 0 unspecified atom stereocenters. The fraction of sp³-hybridized carbons (Fsp3) is 0.286. The summed E-state index contributed by atoms with van der Waals surface area (Å²) >= 11 is 12.4. The Hall–Kier alpha value is -3.07. The second-order valence-corrected chi connectivity index (χ2v) is 11.6. The Morgan fingerprint density at radius 1 is 0.974 bits per heavy atom. The number of aryl methyl sites for hydroxylation is 1. The molecule has 3 aromatic rings. The predicted molar refractivity (Wildman–Crippen MR) is 152 cm³/mol. The van der Waals surface area contributed by atoms with Crippen LogP contribution in [-0.4, -0.2) is 44.3 Å². The number of sulfonamides is 1. The predicted octanol–water partition coefficient (Wildman–Crippen LogP) is 5.44. The van der Waals surface area contributed by atoms with Crippen molar-refractivity contribution >= 4 is 50.7 Å². The molecule has 202 valence electrons. The Labute approximate surface area is 234 Å². The monoisotopic (exact) mass is 575 g/mol. The highest BCUT2D eigenvalue weighted by atomic mass is 35.5. The minimum absolute atomic E-state index is 0.0113. The molecule has 7 nitrogen and oxygen atoms in total. The van der Waals surface area contributed by atoms with Gasteiger partial charge in [-0.25, -0.2) is 8.42 Å². The maximum Gasteiger partial charge on any atom is 0.264 e. The van der Waals surface area contributed by atoms with Crippen LogP contribution in [0.2, 0.25) is 10.0 Å². The van der Waals surface area contributed by atoms with Crippen molar-refractivity contribution in [3.63, 3.8) is 0 Å². The number of hydrogen-bond acceptors (Lipinski definition) is 4. The highest BCUT2D eigenvalue weighted by Crippen LogP contribution is 2.27. The van der Waals surface area contributed by atoms with E-state index >= 15 is 0 Å². The Kier molecular flexibility index (Phi) is 10.2. The molecule has 1 N–H and O–H groups in total. The van der Waals surface area contributed by atoms with Crippen LogP contribution in [0.4, 0.5) is 5.69 Å². The number of nitrogens with one attached hydrogen (secondary N) is 1. The fourth-order valence-electron chi connectivity index (χ4n) is 3.84. The molecular weight excluding hydrogens is 545 g/mol. The van der Waals surface area contributed by atoms with Gasteiger partial charge >= 0.3 is 0 Å². The van der Waals surface area contributed by atoms with E-state index < -0.39 is 28.5 Å². The standard InChI is InChI=1S/C28H31Cl2N3O4S/c1-4-15-31-28(35)21(3)32(18-22-13-14-23(29)17-26(22)30)27(34)19-33(24-10-8-9-20(2)16-24)38(36,37)25-11-6-5-7-12-25/h5-14,16-17,21H,4,15,18-19H2,1-3H3,(H,31,35)/t21-/m1/s1. The zero-order chi connectivity index (χ0) is 27.9. The van der Waals surface area contributed by atoms with Crippen LogP contribution < -0.4 is 9.62 Å². The lowest BCUT2D eigenvalue weighted by Gasteiger charge is -2.32. The summed E-state index contributed by atoms with van der Waals surface area (Å²) in [4.78, 5) is 28.2. The maximum absolute atomic E-state index is 13.9. The SMILES string of the molecule is CCCNC(=O)[C@@H](C)N(Cc1ccc(Cl)cc1Cl)C(=O)CN(c1cccc(C)c1)S(=O)(=O)c1ccccc1. The van der Waals surface area contributed by atoms with E-state index in [4.69, 9.17) is 23.2 Å². The van der Waals surface area contributed by atoms with Crippen molar-refractivity contribution in [1.29, 1.82) is 0 Å². The van der Waals surface area contributed by atoms with Crippen molar-refractivity contribution in [1.82, 2.24) is 10.2 Å². The van der Waals surface area contributed by atoms with Gasteiger partial charge in [-0.2, -0.15) is 0 Å². The van der Waals surface area contributed by atoms with Gasteiger partial charge in [-0.15, -0.1) is 0 Å². The summed E-state index contributed by atoms with van der Waals surface area (Å²) in [6, 6.07) is 18.8. The number of carbonyl (C=O) groups excluding carboxylic acids is 2. The molecule has 3 aromatic carbocycles. The number of benzene rings is 3. The Morgan fingerprint density at radius 3 is 2.32 bits per heavy atom. The first-order valence-electron chi connectivity index (χ1n) is 12.2. The smallest absolute Gasteiger partial charge is 0.264 e. The molecule has 0 bridgehead atoms. The van der Waals surface area contributed by atoms with Gasteiger partial charge in [-0.3, -0.25) is 13.9 Å². The van der Waals surface area contributed by atoms with Crippen molar-refractivity contribution < 1.29 is 18.0 Å². The number of hydrogen-bond donors (Lipinski definition) is 1. The molecule has 0 spiro atoms. The minimum Gasteiger partial charge on any atom is -0.354 e. The normalized spacial score (nSPS) is 12.0. The van der Waals surface area contributed by atoms with Crippen LogP contribution in [0.25, 0.3) is 0 Å². The summed E-state index contributed by atoms with van der Waals surface area (Å²) in [6.45, 7) is 5.29. The molecule has 0 fully saturated rings. The summed E-state index contributed by atoms with van der Waals surface area (Å²) in [5.41, 5.74) is 1.75. The molecule has 0 radical (unpaired) electrons. The molecular formula is C28H31Cl2N3O4S. The van der Waals surface area contributed by atoms with E-state index in [2.05, 4.69) is 5.32 Å². The van der Waals surface area contributed by atoms with Gasteiger partial charge < -0.3 is 10.2 Å². The number of amides is 2. The topological polar surface area (TPSA) is 86.8 Å². The highest BCUT2D eigenvalue weighted by Gasteiger charge is 2.32. The molecule has 0 aliphatic rings. The second kappa shape index (κ2) is 13.1. The first kappa shape index (κ1) is 29.5. The van der Waals surface area contributed by atoms with E-state index in [9.17, 15) is 18.0 Å². The van der Waals surface area contributed by atoms with Gasteiger partial charge in [0.15, 0.2) is 0 Å². The van der Waals surface area contributed by atoms with Crippen LogP contribution in [-0.2, 0) is 26.2 Å². The largest absolute Gasteiger partial charge is 0.354 e. The summed E-state index contributed by atoms with van der Waals surface area (Å²) < 4.78 is 28.5. The Balaban J connectivity index is 2.03. The molecule has 0 heterocycles. The quantitative estimate of drug-likeness (QED) is 0.330. The van der Waals surface area contributed by atoms with Gasteiger partial charge in [-0.1, -0.05) is 66.5 Å². The van der Waals surface area contributed by atoms with Crippen molar-refractivity contribution in [3.8, 4) is 0 Å². The van der Waals surface area contributed by atoms with Gasteiger partial charge in [0.05, 0.1) is 10.6 Å². The highest BCUT2D eigenvalue weighted by molar-refractivity contribution is 7.92. The first-order chi connectivity index (χ1) is 18.0. The number of anilines is 1. The van der Waals surface area contributed by atoms with Gasteiger partial charge in [-0.05, 0) is 67.8 Å². The molecule has 0 aromatic heterocycles. The van der Waals surface area contributed by atoms with Crippen molar-refractivity contribution in [2.75, 3.05) is 17.4 Å². The number of nitrogens with zero attached hydrogens (tertiary/aromatic N) is 2. The third kappa shape index (κ3) is 7.28. The molecule has 1 atom stereocenters. The van der Waals surface area contributed by atoms with E-state index in [1.807, 2.05) is 19.9 Å². The number of carbonyl (C=O) groups is 2. The van der Waals surface area contributed by atoms with Crippen LogP contribution in [0.1, 0.15) is 31.4 Å². The summed E-state index contributed by atoms with van der Waals surface area (Å²) in [5, 5.41) is 3.58. The average molecular weight is 577 g/mol. The van der Waals surface area contributed by atoms with E-state index in [0.717, 1.165) is 16.3 Å². The van der Waals surface area contributed by atoms with Crippen LogP contribution in [0.5, 0.6) is 0 Å².